The third-order valence-corrected chi connectivity index (χ3v) is 4.71. The van der Waals surface area contributed by atoms with Crippen LogP contribution in [-0.4, -0.2) is 15.8 Å². The van der Waals surface area contributed by atoms with Crippen LogP contribution in [0.25, 0.3) is 0 Å². The summed E-state index contributed by atoms with van der Waals surface area (Å²) in [5.74, 6) is 0.670. The number of nitrogens with one attached hydrogen (secondary N) is 1. The zero-order valence-corrected chi connectivity index (χ0v) is 13.5. The number of halogens is 1. The van der Waals surface area contributed by atoms with Gasteiger partial charge in [0, 0.05) is 22.8 Å². The first kappa shape index (κ1) is 13.7. The molecule has 0 saturated heterocycles. The maximum absolute atomic E-state index is 4.37. The van der Waals surface area contributed by atoms with E-state index >= 15 is 0 Å². The summed E-state index contributed by atoms with van der Waals surface area (Å²) in [4.78, 5) is 0. The highest BCUT2D eigenvalue weighted by atomic mass is 79.9. The molecule has 1 saturated carbocycles. The van der Waals surface area contributed by atoms with Crippen molar-refractivity contribution in [1.82, 2.24) is 9.78 Å². The minimum atomic E-state index is 0.417. The third kappa shape index (κ3) is 2.75. The van der Waals surface area contributed by atoms with Crippen LogP contribution in [0, 0.1) is 0 Å². The van der Waals surface area contributed by atoms with Crippen molar-refractivity contribution in [2.45, 2.75) is 44.7 Å². The third-order valence-electron chi connectivity index (χ3n) is 3.98. The molecular formula is C16H20BrN3. The van der Waals surface area contributed by atoms with Gasteiger partial charge in [0.05, 0.1) is 11.9 Å². The Hall–Kier alpha value is -1.29. The Morgan fingerprint density at radius 3 is 2.70 bits per heavy atom. The molecule has 0 atom stereocenters. The average Bonchev–Trinajstić information content (AvgIpc) is 2.83. The number of benzene rings is 1. The molecular weight excluding hydrogens is 314 g/mol. The first-order chi connectivity index (χ1) is 9.63. The molecule has 0 radical (unpaired) electrons. The Balaban J connectivity index is 1.57. The average molecular weight is 334 g/mol. The molecule has 0 bridgehead atoms. The summed E-state index contributed by atoms with van der Waals surface area (Å²) in [6, 6.07) is 9.53. The molecule has 0 unspecified atom stereocenters. The summed E-state index contributed by atoms with van der Waals surface area (Å²) >= 11 is 3.64. The Morgan fingerprint density at radius 2 is 2.05 bits per heavy atom. The van der Waals surface area contributed by atoms with E-state index in [4.69, 9.17) is 0 Å². The lowest BCUT2D eigenvalue weighted by Crippen LogP contribution is -2.34. The summed E-state index contributed by atoms with van der Waals surface area (Å²) in [7, 11) is 0. The molecule has 1 aromatic carbocycles. The summed E-state index contributed by atoms with van der Waals surface area (Å²) in [5, 5.41) is 7.94. The second-order valence-electron chi connectivity index (χ2n) is 5.83. The van der Waals surface area contributed by atoms with E-state index < -0.39 is 0 Å². The van der Waals surface area contributed by atoms with E-state index in [0.717, 1.165) is 5.69 Å². The van der Waals surface area contributed by atoms with Crippen LogP contribution in [0.15, 0.2) is 41.1 Å². The largest absolute Gasteiger partial charge is 0.380 e. The highest BCUT2D eigenvalue weighted by molar-refractivity contribution is 9.10. The van der Waals surface area contributed by atoms with Crippen LogP contribution >= 0.6 is 15.9 Å². The molecule has 1 aliphatic carbocycles. The number of aromatic nitrogens is 2. The van der Waals surface area contributed by atoms with Crippen molar-refractivity contribution in [3.8, 4) is 0 Å². The fraction of sp³-hybridized carbons (Fsp3) is 0.438. The van der Waals surface area contributed by atoms with Gasteiger partial charge in [0.15, 0.2) is 0 Å². The van der Waals surface area contributed by atoms with Crippen molar-refractivity contribution in [3.05, 3.63) is 46.7 Å². The molecule has 0 amide bonds. The number of hydrogen-bond donors (Lipinski definition) is 1. The summed E-state index contributed by atoms with van der Waals surface area (Å²) in [6.07, 6.45) is 6.40. The minimum Gasteiger partial charge on any atom is -0.380 e. The van der Waals surface area contributed by atoms with E-state index in [0.29, 0.717) is 18.0 Å². The lowest BCUT2D eigenvalue weighted by Gasteiger charge is -2.37. The van der Waals surface area contributed by atoms with E-state index in [-0.39, 0.29) is 0 Å². The van der Waals surface area contributed by atoms with Crippen molar-refractivity contribution >= 4 is 21.6 Å². The molecule has 4 heteroatoms. The number of hydrogen-bond acceptors (Lipinski definition) is 2. The van der Waals surface area contributed by atoms with Crippen LogP contribution in [0.4, 0.5) is 5.69 Å². The van der Waals surface area contributed by atoms with Crippen molar-refractivity contribution < 1.29 is 0 Å². The first-order valence-electron chi connectivity index (χ1n) is 7.18. The molecule has 3 nitrogen and oxygen atoms in total. The van der Waals surface area contributed by atoms with Crippen molar-refractivity contribution in [1.29, 1.82) is 0 Å². The number of nitrogens with zero attached hydrogens (tertiary/aromatic N) is 2. The second-order valence-corrected chi connectivity index (χ2v) is 6.69. The van der Waals surface area contributed by atoms with E-state index in [1.165, 1.54) is 22.9 Å². The lowest BCUT2D eigenvalue weighted by atomic mass is 9.76. The smallest absolute Gasteiger partial charge is 0.0728 e. The fourth-order valence-electron chi connectivity index (χ4n) is 2.73. The fourth-order valence-corrected chi connectivity index (χ4v) is 3.34. The molecule has 1 N–H and O–H groups in total. The highest BCUT2D eigenvalue weighted by Crippen LogP contribution is 2.41. The van der Waals surface area contributed by atoms with Gasteiger partial charge in [-0.2, -0.15) is 5.10 Å². The zero-order chi connectivity index (χ0) is 14.1. The maximum Gasteiger partial charge on any atom is 0.0728 e. The van der Waals surface area contributed by atoms with Crippen molar-refractivity contribution in [2.75, 3.05) is 5.32 Å². The van der Waals surface area contributed by atoms with Crippen molar-refractivity contribution in [3.63, 3.8) is 0 Å². The van der Waals surface area contributed by atoms with Gasteiger partial charge in [-0.15, -0.1) is 0 Å². The molecule has 2 aromatic rings. The van der Waals surface area contributed by atoms with Crippen LogP contribution < -0.4 is 5.32 Å². The molecule has 1 heterocycles. The first-order valence-corrected chi connectivity index (χ1v) is 7.98. The van der Waals surface area contributed by atoms with Gasteiger partial charge in [0.2, 0.25) is 0 Å². The molecule has 0 spiro atoms. The van der Waals surface area contributed by atoms with Gasteiger partial charge in [0.25, 0.3) is 0 Å². The molecule has 1 aromatic heterocycles. The summed E-state index contributed by atoms with van der Waals surface area (Å²) in [6.45, 7) is 4.28. The van der Waals surface area contributed by atoms with Gasteiger partial charge in [-0.1, -0.05) is 34.1 Å². The Morgan fingerprint density at radius 1 is 1.30 bits per heavy atom. The van der Waals surface area contributed by atoms with Crippen LogP contribution in [0.2, 0.25) is 0 Å². The zero-order valence-electron chi connectivity index (χ0n) is 11.9. The molecule has 3 rings (SSSR count). The minimum absolute atomic E-state index is 0.417. The predicted octanol–water partition coefficient (Wildman–Crippen LogP) is 4.58. The normalized spacial score (nSPS) is 21.8. The van der Waals surface area contributed by atoms with E-state index in [2.05, 4.69) is 70.7 Å². The number of anilines is 1. The van der Waals surface area contributed by atoms with Crippen LogP contribution in [-0.2, 0) is 0 Å². The van der Waals surface area contributed by atoms with Gasteiger partial charge in [-0.05, 0) is 44.2 Å². The molecule has 20 heavy (non-hydrogen) atoms. The Bertz CT molecular complexity index is 585. The van der Waals surface area contributed by atoms with Crippen LogP contribution in [0.1, 0.15) is 44.2 Å². The highest BCUT2D eigenvalue weighted by Gasteiger charge is 2.31. The topological polar surface area (TPSA) is 29.9 Å². The summed E-state index contributed by atoms with van der Waals surface area (Å²) < 4.78 is 3.22. The van der Waals surface area contributed by atoms with E-state index in [1.54, 1.807) is 0 Å². The molecule has 106 valence electrons. The number of rotatable bonds is 4. The van der Waals surface area contributed by atoms with Crippen molar-refractivity contribution in [2.24, 2.45) is 0 Å². The molecule has 1 fully saturated rings. The van der Waals surface area contributed by atoms with Gasteiger partial charge in [-0.25, -0.2) is 0 Å². The standard InChI is InChI=1S/C16H20BrN3/c1-11(2)20-10-14(9-18-20)19-13-7-12(8-13)15-5-3-4-6-16(15)17/h3-6,9-13,19H,7-8H2,1-2H3. The predicted molar refractivity (Wildman–Crippen MR) is 86.1 cm³/mol. The monoisotopic (exact) mass is 333 g/mol. The van der Waals surface area contributed by atoms with Gasteiger partial charge >= 0.3 is 0 Å². The van der Waals surface area contributed by atoms with Gasteiger partial charge in [0.1, 0.15) is 0 Å². The molecule has 1 aliphatic rings. The summed E-state index contributed by atoms with van der Waals surface area (Å²) in [5.41, 5.74) is 2.57. The van der Waals surface area contributed by atoms with E-state index in [1.807, 2.05) is 10.9 Å². The van der Waals surface area contributed by atoms with Crippen LogP contribution in [0.5, 0.6) is 0 Å². The maximum atomic E-state index is 4.37. The van der Waals surface area contributed by atoms with Gasteiger partial charge < -0.3 is 5.32 Å². The van der Waals surface area contributed by atoms with E-state index in [9.17, 15) is 0 Å². The van der Waals surface area contributed by atoms with Gasteiger partial charge in [-0.3, -0.25) is 4.68 Å². The lowest BCUT2D eigenvalue weighted by molar-refractivity contribution is 0.373. The Kier molecular flexibility index (Phi) is 3.83. The SMILES string of the molecule is CC(C)n1cc(NC2CC(c3ccccc3Br)C2)cn1. The Labute approximate surface area is 128 Å². The quantitative estimate of drug-likeness (QED) is 0.887. The molecule has 0 aliphatic heterocycles. The van der Waals surface area contributed by atoms with Crippen LogP contribution in [0.3, 0.4) is 0 Å². The second kappa shape index (κ2) is 5.60.